The first-order valence-corrected chi connectivity index (χ1v) is 15.4. The van der Waals surface area contributed by atoms with Crippen LogP contribution in [-0.2, 0) is 16.1 Å². The molecular formula is C26H41ClN4O4S2. The average molecular weight is 573 g/mol. The number of benzene rings is 1. The molecule has 208 valence electrons. The van der Waals surface area contributed by atoms with Gasteiger partial charge in [-0.25, -0.2) is 0 Å². The smallest absolute Gasteiger partial charge is 0.269 e. The maximum atomic E-state index is 13.2. The fraction of sp³-hybridized carbons (Fsp3) is 0.692. The highest BCUT2D eigenvalue weighted by Crippen LogP contribution is 2.27. The molecule has 1 aliphatic heterocycles. The third-order valence-corrected chi connectivity index (χ3v) is 9.22. The zero-order valence-electron chi connectivity index (χ0n) is 21.9. The molecule has 2 aliphatic rings. The van der Waals surface area contributed by atoms with Gasteiger partial charge in [0.25, 0.3) is 5.69 Å². The molecule has 2 amide bonds. The van der Waals surface area contributed by atoms with Crippen molar-refractivity contribution in [3.63, 3.8) is 0 Å². The first-order chi connectivity index (χ1) is 17.3. The minimum absolute atomic E-state index is 0. The molecule has 1 aromatic rings. The van der Waals surface area contributed by atoms with E-state index in [0.717, 1.165) is 35.9 Å². The molecule has 37 heavy (non-hydrogen) atoms. The van der Waals surface area contributed by atoms with Crippen molar-refractivity contribution in [3.05, 3.63) is 39.9 Å². The van der Waals surface area contributed by atoms with E-state index in [4.69, 9.17) is 0 Å². The first-order valence-electron chi connectivity index (χ1n) is 13.0. The van der Waals surface area contributed by atoms with E-state index in [-0.39, 0.29) is 42.5 Å². The van der Waals surface area contributed by atoms with Crippen molar-refractivity contribution in [2.75, 3.05) is 29.7 Å². The Morgan fingerprint density at radius 3 is 2.54 bits per heavy atom. The van der Waals surface area contributed by atoms with E-state index in [1.54, 1.807) is 35.7 Å². The second-order valence-corrected chi connectivity index (χ2v) is 12.3. The van der Waals surface area contributed by atoms with E-state index in [2.05, 4.69) is 29.4 Å². The Kier molecular flexibility index (Phi) is 14.1. The molecule has 0 spiro atoms. The van der Waals surface area contributed by atoms with Crippen molar-refractivity contribution in [2.45, 2.75) is 71.0 Å². The third kappa shape index (κ3) is 10.7. The number of rotatable bonds is 13. The highest BCUT2D eigenvalue weighted by molar-refractivity contribution is 7.99. The van der Waals surface area contributed by atoms with E-state index >= 15 is 0 Å². The van der Waals surface area contributed by atoms with Crippen molar-refractivity contribution in [1.29, 1.82) is 0 Å². The van der Waals surface area contributed by atoms with Gasteiger partial charge in [-0.2, -0.15) is 11.8 Å². The minimum atomic E-state index is -0.610. The standard InChI is InChI=1S/C26H40N4O4S2.ClH/c1-19(2)12-13-29-18-36-17-24(29)26(32)28-23(16-35-15-21-6-4-3-5-7-21)25(31)27-14-20-8-10-22(11-9-20)30(33)34;/h8-11,19,21,23-24H,3-7,12-18H2,1-2H3,(H,27,31)(H,28,32);1H/t23-,24-;/m0./s1. The van der Waals surface area contributed by atoms with E-state index in [9.17, 15) is 19.7 Å². The van der Waals surface area contributed by atoms with E-state index in [0.29, 0.717) is 17.6 Å². The van der Waals surface area contributed by atoms with Gasteiger partial charge >= 0.3 is 0 Å². The molecule has 1 aliphatic carbocycles. The Labute approximate surface area is 235 Å². The summed E-state index contributed by atoms with van der Waals surface area (Å²) < 4.78 is 0. The van der Waals surface area contributed by atoms with Crippen LogP contribution in [-0.4, -0.2) is 63.4 Å². The molecule has 11 heteroatoms. The maximum absolute atomic E-state index is 13.2. The normalized spacial score (nSPS) is 19.3. The molecule has 2 atom stereocenters. The predicted molar refractivity (Wildman–Crippen MR) is 155 cm³/mol. The summed E-state index contributed by atoms with van der Waals surface area (Å²) in [6.07, 6.45) is 7.43. The number of nitrogens with zero attached hydrogens (tertiary/aromatic N) is 2. The van der Waals surface area contributed by atoms with Gasteiger partial charge in [0.05, 0.1) is 11.0 Å². The lowest BCUT2D eigenvalue weighted by Crippen LogP contribution is -2.54. The molecule has 2 fully saturated rings. The molecule has 2 N–H and O–H groups in total. The second-order valence-electron chi connectivity index (χ2n) is 10.3. The molecule has 1 saturated carbocycles. The number of carbonyl (C=O) groups excluding carboxylic acids is 2. The summed E-state index contributed by atoms with van der Waals surface area (Å²) in [4.78, 5) is 39.1. The number of nitro groups is 1. The van der Waals surface area contributed by atoms with Crippen LogP contribution in [0.5, 0.6) is 0 Å². The number of hydrogen-bond donors (Lipinski definition) is 2. The number of amides is 2. The van der Waals surface area contributed by atoms with Gasteiger partial charge < -0.3 is 10.6 Å². The monoisotopic (exact) mass is 572 g/mol. The summed E-state index contributed by atoms with van der Waals surface area (Å²) in [6.45, 7) is 5.52. The molecule has 1 saturated heterocycles. The second kappa shape index (κ2) is 16.5. The molecule has 8 nitrogen and oxygen atoms in total. The van der Waals surface area contributed by atoms with Crippen LogP contribution in [0.2, 0.25) is 0 Å². The van der Waals surface area contributed by atoms with Crippen LogP contribution in [0, 0.1) is 22.0 Å². The fourth-order valence-corrected chi connectivity index (χ4v) is 7.08. The quantitative estimate of drug-likeness (QED) is 0.257. The highest BCUT2D eigenvalue weighted by Gasteiger charge is 2.33. The Hall–Kier alpha value is -1.49. The fourth-order valence-electron chi connectivity index (χ4n) is 4.57. The number of thioether (sulfide) groups is 2. The van der Waals surface area contributed by atoms with Crippen LogP contribution >= 0.6 is 35.9 Å². The predicted octanol–water partition coefficient (Wildman–Crippen LogP) is 4.85. The van der Waals surface area contributed by atoms with E-state index < -0.39 is 11.0 Å². The van der Waals surface area contributed by atoms with Crippen molar-refractivity contribution < 1.29 is 14.5 Å². The number of nitro benzene ring substituents is 1. The van der Waals surface area contributed by atoms with Gasteiger partial charge in [-0.15, -0.1) is 24.2 Å². The largest absolute Gasteiger partial charge is 0.350 e. The number of non-ortho nitro benzene ring substituents is 1. The minimum Gasteiger partial charge on any atom is -0.350 e. The molecular weight excluding hydrogens is 532 g/mol. The number of nitrogens with one attached hydrogen (secondary N) is 2. The number of carbonyl (C=O) groups is 2. The summed E-state index contributed by atoms with van der Waals surface area (Å²) in [5.41, 5.74) is 0.798. The third-order valence-electron chi connectivity index (χ3n) is 6.88. The van der Waals surface area contributed by atoms with Gasteiger partial charge in [0.2, 0.25) is 11.8 Å². The molecule has 0 bridgehead atoms. The number of hydrogen-bond acceptors (Lipinski definition) is 7. The Balaban J connectivity index is 0.00000481. The van der Waals surface area contributed by atoms with Crippen LogP contribution in [0.15, 0.2) is 24.3 Å². The lowest BCUT2D eigenvalue weighted by molar-refractivity contribution is -0.384. The lowest BCUT2D eigenvalue weighted by Gasteiger charge is -2.26. The molecule has 1 aromatic carbocycles. The summed E-state index contributed by atoms with van der Waals surface area (Å²) in [6, 6.07) is 5.34. The average Bonchev–Trinajstić information content (AvgIpc) is 3.35. The topological polar surface area (TPSA) is 105 Å². The summed E-state index contributed by atoms with van der Waals surface area (Å²) >= 11 is 3.52. The summed E-state index contributed by atoms with van der Waals surface area (Å²) in [5.74, 6) is 4.14. The Bertz CT molecular complexity index is 869. The first kappa shape index (κ1) is 31.7. The van der Waals surface area contributed by atoms with Crippen molar-refractivity contribution in [2.24, 2.45) is 11.8 Å². The van der Waals surface area contributed by atoms with Gasteiger partial charge in [-0.05, 0) is 42.4 Å². The number of halogens is 1. The Morgan fingerprint density at radius 1 is 1.19 bits per heavy atom. The highest BCUT2D eigenvalue weighted by atomic mass is 35.5. The van der Waals surface area contributed by atoms with Crippen LogP contribution in [0.25, 0.3) is 0 Å². The van der Waals surface area contributed by atoms with Gasteiger partial charge in [0.1, 0.15) is 6.04 Å². The van der Waals surface area contributed by atoms with E-state index in [1.807, 2.05) is 0 Å². The lowest BCUT2D eigenvalue weighted by atomic mass is 9.91. The van der Waals surface area contributed by atoms with Crippen molar-refractivity contribution in [3.8, 4) is 0 Å². The van der Waals surface area contributed by atoms with Gasteiger partial charge in [0, 0.05) is 42.6 Å². The zero-order chi connectivity index (χ0) is 25.9. The van der Waals surface area contributed by atoms with Crippen LogP contribution < -0.4 is 10.6 Å². The molecule has 1 heterocycles. The van der Waals surface area contributed by atoms with Gasteiger partial charge in [-0.1, -0.05) is 45.2 Å². The van der Waals surface area contributed by atoms with Crippen LogP contribution in [0.3, 0.4) is 0 Å². The van der Waals surface area contributed by atoms with Crippen molar-refractivity contribution >= 4 is 53.4 Å². The molecule has 3 rings (SSSR count). The molecule has 0 aromatic heterocycles. The molecule has 0 radical (unpaired) electrons. The van der Waals surface area contributed by atoms with Gasteiger partial charge in [0.15, 0.2) is 0 Å². The Morgan fingerprint density at radius 2 is 1.89 bits per heavy atom. The van der Waals surface area contributed by atoms with Crippen LogP contribution in [0.4, 0.5) is 5.69 Å². The zero-order valence-corrected chi connectivity index (χ0v) is 24.3. The molecule has 0 unspecified atom stereocenters. The van der Waals surface area contributed by atoms with Crippen molar-refractivity contribution in [1.82, 2.24) is 15.5 Å². The summed E-state index contributed by atoms with van der Waals surface area (Å²) in [5, 5.41) is 16.9. The van der Waals surface area contributed by atoms with Crippen LogP contribution in [0.1, 0.15) is 57.9 Å². The SMILES string of the molecule is CC(C)CCN1CSC[C@H]1C(=O)N[C@@H](CSCC1CCCCC1)C(=O)NCc1ccc([N+](=O)[O-])cc1.Cl. The summed E-state index contributed by atoms with van der Waals surface area (Å²) in [7, 11) is 0. The maximum Gasteiger partial charge on any atom is 0.269 e. The van der Waals surface area contributed by atoms with Gasteiger partial charge in [-0.3, -0.25) is 24.6 Å². The van der Waals surface area contributed by atoms with E-state index in [1.165, 1.54) is 44.2 Å².